The zero-order valence-electron chi connectivity index (χ0n) is 8.84. The van der Waals surface area contributed by atoms with Crippen molar-refractivity contribution in [2.75, 3.05) is 12.3 Å². The molecule has 0 aromatic carbocycles. The lowest BCUT2D eigenvalue weighted by molar-refractivity contribution is 0.310. The zero-order valence-corrected chi connectivity index (χ0v) is 8.84. The monoisotopic (exact) mass is 215 g/mol. The molecule has 0 unspecified atom stereocenters. The molecule has 4 heteroatoms. The molecule has 0 saturated heterocycles. The number of ether oxygens (including phenoxy) is 1. The molecule has 0 aliphatic rings. The first-order valence-corrected chi connectivity index (χ1v) is 5.09. The highest BCUT2D eigenvalue weighted by Gasteiger charge is 2.00. The highest BCUT2D eigenvalue weighted by molar-refractivity contribution is 5.46. The van der Waals surface area contributed by atoms with E-state index in [9.17, 15) is 0 Å². The van der Waals surface area contributed by atoms with Crippen LogP contribution in [-0.2, 0) is 6.42 Å². The quantitative estimate of drug-likeness (QED) is 0.842. The second-order valence-corrected chi connectivity index (χ2v) is 3.32. The normalized spacial score (nSPS) is 10.0. The molecular formula is C12H13N3O. The second kappa shape index (κ2) is 5.11. The van der Waals surface area contributed by atoms with Gasteiger partial charge in [0.2, 0.25) is 5.88 Å². The summed E-state index contributed by atoms with van der Waals surface area (Å²) in [7, 11) is 0. The number of nitrogens with two attached hydrogens (primary N) is 1. The van der Waals surface area contributed by atoms with E-state index in [0.717, 1.165) is 12.1 Å². The maximum Gasteiger partial charge on any atom is 0.237 e. The molecule has 2 N–H and O–H groups in total. The van der Waals surface area contributed by atoms with Crippen molar-refractivity contribution in [2.24, 2.45) is 0 Å². The fraction of sp³-hybridized carbons (Fsp3) is 0.167. The number of hydrogen-bond donors (Lipinski definition) is 1. The third kappa shape index (κ3) is 2.70. The Kier molecular flexibility index (Phi) is 3.33. The minimum absolute atomic E-state index is 0.485. The molecule has 4 nitrogen and oxygen atoms in total. The first kappa shape index (κ1) is 10.4. The molecule has 2 heterocycles. The third-order valence-electron chi connectivity index (χ3n) is 2.12. The van der Waals surface area contributed by atoms with Gasteiger partial charge in [-0.2, -0.15) is 0 Å². The van der Waals surface area contributed by atoms with Gasteiger partial charge in [-0.1, -0.05) is 6.07 Å². The Hall–Kier alpha value is -2.10. The molecule has 0 aliphatic carbocycles. The van der Waals surface area contributed by atoms with Crippen molar-refractivity contribution in [1.82, 2.24) is 9.97 Å². The number of pyridine rings is 2. The summed E-state index contributed by atoms with van der Waals surface area (Å²) in [5, 5.41) is 0. The molecule has 0 amide bonds. The van der Waals surface area contributed by atoms with E-state index in [1.807, 2.05) is 18.2 Å². The van der Waals surface area contributed by atoms with Gasteiger partial charge in [0.05, 0.1) is 12.3 Å². The molecule has 0 aliphatic heterocycles. The number of aromatic nitrogens is 2. The van der Waals surface area contributed by atoms with Crippen LogP contribution in [0.4, 0.5) is 5.69 Å². The maximum atomic E-state index is 5.70. The predicted molar refractivity (Wildman–Crippen MR) is 62.1 cm³/mol. The lowest BCUT2D eigenvalue weighted by Gasteiger charge is -2.06. The van der Waals surface area contributed by atoms with Gasteiger partial charge in [0.1, 0.15) is 0 Å². The van der Waals surface area contributed by atoms with Gasteiger partial charge in [-0.3, -0.25) is 4.98 Å². The summed E-state index contributed by atoms with van der Waals surface area (Å²) >= 11 is 0. The molecule has 2 rings (SSSR count). The SMILES string of the molecule is Nc1cccnc1OCCc1ccccn1. The van der Waals surface area contributed by atoms with Gasteiger partial charge in [0, 0.05) is 24.5 Å². The molecule has 0 saturated carbocycles. The lowest BCUT2D eigenvalue weighted by Crippen LogP contribution is -2.05. The summed E-state index contributed by atoms with van der Waals surface area (Å²) in [6.07, 6.45) is 4.17. The van der Waals surface area contributed by atoms with Gasteiger partial charge in [-0.25, -0.2) is 4.98 Å². The van der Waals surface area contributed by atoms with E-state index in [4.69, 9.17) is 10.5 Å². The van der Waals surface area contributed by atoms with Gasteiger partial charge in [0.25, 0.3) is 0 Å². The molecule has 0 fully saturated rings. The minimum atomic E-state index is 0.485. The van der Waals surface area contributed by atoms with Crippen LogP contribution < -0.4 is 10.5 Å². The van der Waals surface area contributed by atoms with Crippen molar-refractivity contribution in [3.05, 3.63) is 48.4 Å². The van der Waals surface area contributed by atoms with E-state index >= 15 is 0 Å². The van der Waals surface area contributed by atoms with Crippen LogP contribution >= 0.6 is 0 Å². The fourth-order valence-electron chi connectivity index (χ4n) is 1.32. The highest BCUT2D eigenvalue weighted by Crippen LogP contribution is 2.15. The number of anilines is 1. The molecule has 0 atom stereocenters. The topological polar surface area (TPSA) is 61.0 Å². The van der Waals surface area contributed by atoms with Crippen LogP contribution in [0.3, 0.4) is 0 Å². The summed E-state index contributed by atoms with van der Waals surface area (Å²) in [5.74, 6) is 0.485. The first-order chi connectivity index (χ1) is 7.86. The van der Waals surface area contributed by atoms with Crippen molar-refractivity contribution in [3.8, 4) is 5.88 Å². The molecule has 82 valence electrons. The number of hydrogen-bond acceptors (Lipinski definition) is 4. The Bertz CT molecular complexity index is 445. The number of nitrogen functional groups attached to an aromatic ring is 1. The number of nitrogens with zero attached hydrogens (tertiary/aromatic N) is 2. The van der Waals surface area contributed by atoms with Gasteiger partial charge in [-0.15, -0.1) is 0 Å². The van der Waals surface area contributed by atoms with Crippen molar-refractivity contribution in [3.63, 3.8) is 0 Å². The molecule has 0 spiro atoms. The van der Waals surface area contributed by atoms with Crippen molar-refractivity contribution in [2.45, 2.75) is 6.42 Å². The van der Waals surface area contributed by atoms with Crippen molar-refractivity contribution in [1.29, 1.82) is 0 Å². The van der Waals surface area contributed by atoms with E-state index < -0.39 is 0 Å². The Morgan fingerprint density at radius 3 is 2.69 bits per heavy atom. The smallest absolute Gasteiger partial charge is 0.237 e. The fourth-order valence-corrected chi connectivity index (χ4v) is 1.32. The van der Waals surface area contributed by atoms with Crippen LogP contribution in [0, 0.1) is 0 Å². The van der Waals surface area contributed by atoms with Crippen LogP contribution in [0.2, 0.25) is 0 Å². The summed E-state index contributed by atoms with van der Waals surface area (Å²) in [6.45, 7) is 0.526. The lowest BCUT2D eigenvalue weighted by atomic mass is 10.3. The average molecular weight is 215 g/mol. The van der Waals surface area contributed by atoms with Crippen LogP contribution in [-0.4, -0.2) is 16.6 Å². The third-order valence-corrected chi connectivity index (χ3v) is 2.12. The Labute approximate surface area is 94.1 Å². The van der Waals surface area contributed by atoms with Gasteiger partial charge in [0.15, 0.2) is 0 Å². The summed E-state index contributed by atoms with van der Waals surface area (Å²) in [5.41, 5.74) is 7.25. The summed E-state index contributed by atoms with van der Waals surface area (Å²) in [4.78, 5) is 8.24. The largest absolute Gasteiger partial charge is 0.476 e. The Balaban J connectivity index is 1.87. The van der Waals surface area contributed by atoms with E-state index in [1.165, 1.54) is 0 Å². The standard InChI is InChI=1S/C12H13N3O/c13-11-5-3-8-15-12(11)16-9-6-10-4-1-2-7-14-10/h1-5,7-8H,6,9,13H2. The molecule has 0 bridgehead atoms. The first-order valence-electron chi connectivity index (χ1n) is 5.09. The average Bonchev–Trinajstić information content (AvgIpc) is 2.33. The van der Waals surface area contributed by atoms with E-state index in [-0.39, 0.29) is 0 Å². The van der Waals surface area contributed by atoms with E-state index in [2.05, 4.69) is 9.97 Å². The highest BCUT2D eigenvalue weighted by atomic mass is 16.5. The van der Waals surface area contributed by atoms with Crippen molar-refractivity contribution >= 4 is 5.69 Å². The molecule has 0 radical (unpaired) electrons. The summed E-state index contributed by atoms with van der Waals surface area (Å²) < 4.78 is 5.46. The Morgan fingerprint density at radius 2 is 1.94 bits per heavy atom. The molecular weight excluding hydrogens is 202 g/mol. The maximum absolute atomic E-state index is 5.70. The van der Waals surface area contributed by atoms with Crippen LogP contribution in [0.1, 0.15) is 5.69 Å². The van der Waals surface area contributed by atoms with Crippen molar-refractivity contribution < 1.29 is 4.74 Å². The molecule has 16 heavy (non-hydrogen) atoms. The van der Waals surface area contributed by atoms with Crippen LogP contribution in [0.5, 0.6) is 5.88 Å². The minimum Gasteiger partial charge on any atom is -0.476 e. The zero-order chi connectivity index (χ0) is 11.2. The Morgan fingerprint density at radius 1 is 1.06 bits per heavy atom. The van der Waals surface area contributed by atoms with Gasteiger partial charge >= 0.3 is 0 Å². The molecule has 2 aromatic rings. The number of rotatable bonds is 4. The second-order valence-electron chi connectivity index (χ2n) is 3.32. The van der Waals surface area contributed by atoms with E-state index in [1.54, 1.807) is 24.5 Å². The van der Waals surface area contributed by atoms with Gasteiger partial charge < -0.3 is 10.5 Å². The predicted octanol–water partition coefficient (Wildman–Crippen LogP) is 1.68. The van der Waals surface area contributed by atoms with Gasteiger partial charge in [-0.05, 0) is 24.3 Å². The summed E-state index contributed by atoms with van der Waals surface area (Å²) in [6, 6.07) is 9.35. The van der Waals surface area contributed by atoms with Crippen LogP contribution in [0.15, 0.2) is 42.7 Å². The van der Waals surface area contributed by atoms with E-state index in [0.29, 0.717) is 18.2 Å². The van der Waals surface area contributed by atoms with Crippen LogP contribution in [0.25, 0.3) is 0 Å². The molecule has 2 aromatic heterocycles.